The Morgan fingerprint density at radius 1 is 0.800 bits per heavy atom. The molecule has 0 aromatic heterocycles. The van der Waals surface area contributed by atoms with Gasteiger partial charge in [-0.3, -0.25) is 9.11 Å². The molecular weight excluding hydrogens is 613 g/mol. The molecule has 0 saturated carbocycles. The minimum Gasteiger partial charge on any atom is -0.344 e. The van der Waals surface area contributed by atoms with Gasteiger partial charge >= 0.3 is 0 Å². The summed E-state index contributed by atoms with van der Waals surface area (Å²) in [5.41, 5.74) is 19.9. The molecule has 2 aromatic rings. The Morgan fingerprint density at radius 3 is 1.98 bits per heavy atom. The summed E-state index contributed by atoms with van der Waals surface area (Å²) < 4.78 is 65.9. The van der Waals surface area contributed by atoms with E-state index in [1.54, 1.807) is 0 Å². The van der Waals surface area contributed by atoms with Crippen molar-refractivity contribution in [3.8, 4) is 0 Å². The SMILES string of the molecule is CC1(C)C(/C=C/C=C2/N(CCCCS(=O)(=O)O)c3ccc(CN)cc3C2(C)C)=[N+](CCCCS(=O)(=O)O)c2ccc(CN)cc21. The predicted octanol–water partition coefficient (Wildman–Crippen LogP) is 4.55. The van der Waals surface area contributed by atoms with Crippen molar-refractivity contribution in [2.45, 2.75) is 77.3 Å². The molecule has 2 heterocycles. The van der Waals surface area contributed by atoms with E-state index in [4.69, 9.17) is 11.5 Å². The van der Waals surface area contributed by atoms with Crippen LogP contribution in [0.5, 0.6) is 0 Å². The smallest absolute Gasteiger partial charge is 0.264 e. The van der Waals surface area contributed by atoms with Gasteiger partial charge in [0.05, 0.1) is 16.9 Å². The average molecular weight is 660 g/mol. The monoisotopic (exact) mass is 659 g/mol. The molecule has 12 heteroatoms. The molecule has 2 aromatic carbocycles. The summed E-state index contributed by atoms with van der Waals surface area (Å²) in [6, 6.07) is 12.5. The van der Waals surface area contributed by atoms with Gasteiger partial charge in [-0.1, -0.05) is 38.1 Å². The lowest BCUT2D eigenvalue weighted by atomic mass is 9.80. The van der Waals surface area contributed by atoms with Crippen LogP contribution < -0.4 is 16.4 Å². The summed E-state index contributed by atoms with van der Waals surface area (Å²) in [6.45, 7) is 10.7. The molecular formula is C33H47N4O6S2+. The van der Waals surface area contributed by atoms with E-state index in [-0.39, 0.29) is 22.3 Å². The zero-order valence-electron chi connectivity index (χ0n) is 26.7. The third-order valence-electron chi connectivity index (χ3n) is 8.96. The fourth-order valence-corrected chi connectivity index (χ4v) is 7.66. The van der Waals surface area contributed by atoms with Crippen molar-refractivity contribution in [2.24, 2.45) is 11.5 Å². The van der Waals surface area contributed by atoms with Gasteiger partial charge in [0.25, 0.3) is 20.2 Å². The predicted molar refractivity (Wildman–Crippen MR) is 180 cm³/mol. The Balaban J connectivity index is 1.71. The maximum atomic E-state index is 11.3. The molecule has 0 atom stereocenters. The van der Waals surface area contributed by atoms with Crippen molar-refractivity contribution in [1.82, 2.24) is 0 Å². The highest BCUT2D eigenvalue weighted by Gasteiger charge is 2.44. The van der Waals surface area contributed by atoms with E-state index in [2.05, 4.69) is 79.7 Å². The number of hydrogen-bond acceptors (Lipinski definition) is 7. The molecule has 4 rings (SSSR count). The van der Waals surface area contributed by atoms with Crippen LogP contribution in [0.2, 0.25) is 0 Å². The lowest BCUT2D eigenvalue weighted by Gasteiger charge is -2.27. The molecule has 45 heavy (non-hydrogen) atoms. The highest BCUT2D eigenvalue weighted by molar-refractivity contribution is 7.86. The second-order valence-corrected chi connectivity index (χ2v) is 16.1. The Bertz CT molecular complexity index is 1740. The van der Waals surface area contributed by atoms with Gasteiger partial charge in [-0.2, -0.15) is 21.4 Å². The molecule has 0 amide bonds. The van der Waals surface area contributed by atoms with Crippen LogP contribution >= 0.6 is 0 Å². The number of nitrogens with two attached hydrogens (primary N) is 2. The third kappa shape index (κ3) is 7.93. The summed E-state index contributed by atoms with van der Waals surface area (Å²) in [5.74, 6) is -0.551. The largest absolute Gasteiger partial charge is 0.344 e. The van der Waals surface area contributed by atoms with E-state index in [9.17, 15) is 25.9 Å². The number of fused-ring (bicyclic) bond motifs is 2. The number of anilines is 1. The van der Waals surface area contributed by atoms with E-state index < -0.39 is 20.2 Å². The zero-order valence-corrected chi connectivity index (χ0v) is 28.3. The average Bonchev–Trinajstić information content (AvgIpc) is 3.30. The molecule has 6 N–H and O–H groups in total. The van der Waals surface area contributed by atoms with Crippen molar-refractivity contribution in [1.29, 1.82) is 0 Å². The molecule has 0 unspecified atom stereocenters. The van der Waals surface area contributed by atoms with E-state index in [1.165, 1.54) is 0 Å². The quantitative estimate of drug-likeness (QED) is 0.129. The highest BCUT2D eigenvalue weighted by Crippen LogP contribution is 2.48. The summed E-state index contributed by atoms with van der Waals surface area (Å²) in [4.78, 5) is 2.23. The van der Waals surface area contributed by atoms with Gasteiger partial charge in [-0.05, 0) is 68.0 Å². The topological polar surface area (TPSA) is 167 Å². The van der Waals surface area contributed by atoms with Gasteiger partial charge in [0.2, 0.25) is 5.69 Å². The normalized spacial score (nSPS) is 18.3. The van der Waals surface area contributed by atoms with Crippen molar-refractivity contribution < 1.29 is 30.5 Å². The number of unbranched alkanes of at least 4 members (excludes halogenated alkanes) is 2. The summed E-state index contributed by atoms with van der Waals surface area (Å²) in [5, 5.41) is 0. The number of benzene rings is 2. The lowest BCUT2D eigenvalue weighted by Crippen LogP contribution is -2.28. The minimum atomic E-state index is -4.02. The molecule has 0 spiro atoms. The van der Waals surface area contributed by atoms with E-state index >= 15 is 0 Å². The molecule has 0 saturated heterocycles. The fraction of sp³-hybridized carbons (Fsp3) is 0.485. The summed E-state index contributed by atoms with van der Waals surface area (Å²) >= 11 is 0. The van der Waals surface area contributed by atoms with Gasteiger partial charge < -0.3 is 16.4 Å². The number of nitrogens with zero attached hydrogens (tertiary/aromatic N) is 2. The van der Waals surface area contributed by atoms with Crippen LogP contribution in [0.1, 0.15) is 75.6 Å². The second-order valence-electron chi connectivity index (χ2n) is 12.9. The van der Waals surface area contributed by atoms with Crippen LogP contribution in [-0.2, 0) is 44.2 Å². The van der Waals surface area contributed by atoms with Gasteiger partial charge in [0.15, 0.2) is 5.71 Å². The fourth-order valence-electron chi connectivity index (χ4n) is 6.52. The summed E-state index contributed by atoms with van der Waals surface area (Å²) in [7, 11) is -8.05. The highest BCUT2D eigenvalue weighted by atomic mass is 32.2. The van der Waals surface area contributed by atoms with Crippen LogP contribution in [0.25, 0.3) is 0 Å². The molecule has 2 aliphatic heterocycles. The van der Waals surface area contributed by atoms with Crippen molar-refractivity contribution in [2.75, 3.05) is 29.5 Å². The first-order valence-corrected chi connectivity index (χ1v) is 18.6. The zero-order chi connectivity index (χ0) is 33.2. The number of rotatable bonds is 14. The van der Waals surface area contributed by atoms with Gasteiger partial charge in [-0.15, -0.1) is 0 Å². The molecule has 0 fully saturated rings. The first-order chi connectivity index (χ1) is 21.0. The Kier molecular flexibility index (Phi) is 10.5. The van der Waals surface area contributed by atoms with E-state index in [0.717, 1.165) is 45.0 Å². The number of allylic oxidation sites excluding steroid dienone is 4. The van der Waals surface area contributed by atoms with Crippen molar-refractivity contribution in [3.05, 3.63) is 82.6 Å². The molecule has 2 aliphatic rings. The van der Waals surface area contributed by atoms with Crippen LogP contribution in [0.3, 0.4) is 0 Å². The Morgan fingerprint density at radius 2 is 1.38 bits per heavy atom. The van der Waals surface area contributed by atoms with Crippen LogP contribution in [0.4, 0.5) is 11.4 Å². The molecule has 10 nitrogen and oxygen atoms in total. The van der Waals surface area contributed by atoms with Gasteiger partial charge in [0.1, 0.15) is 6.54 Å². The van der Waals surface area contributed by atoms with Crippen LogP contribution in [-0.4, -0.2) is 60.8 Å². The molecule has 0 bridgehead atoms. The Hall–Kier alpha value is -2.87. The minimum absolute atomic E-state index is 0.276. The molecule has 0 radical (unpaired) electrons. The maximum absolute atomic E-state index is 11.3. The van der Waals surface area contributed by atoms with Gasteiger partial charge in [0, 0.05) is 60.6 Å². The summed E-state index contributed by atoms with van der Waals surface area (Å²) in [6.07, 6.45) is 8.12. The lowest BCUT2D eigenvalue weighted by molar-refractivity contribution is -0.438. The standard InChI is InChI=1S/C33H46N4O6S2/c1-32(2)26-20-24(22-34)12-14-28(26)36(16-5-7-18-44(38,39)40)30(32)10-9-11-31-33(3,4)27-21-25(23-35)13-15-29(27)37(31)17-6-8-19-45(41,42)43/h9-15,20-21H,5-8,16-19,22-23,34-35H2,1-4H3,(H-,38,39,40,41,42,43)/p+1. The first kappa shape index (κ1) is 35.0. The molecule has 0 aliphatic carbocycles. The first-order valence-electron chi connectivity index (χ1n) is 15.4. The van der Waals surface area contributed by atoms with Crippen LogP contribution in [0, 0.1) is 0 Å². The van der Waals surface area contributed by atoms with Crippen LogP contribution in [0.15, 0.2) is 60.3 Å². The Labute approximate surface area is 268 Å². The third-order valence-corrected chi connectivity index (χ3v) is 10.6. The van der Waals surface area contributed by atoms with E-state index in [1.807, 2.05) is 12.1 Å². The number of hydrogen-bond donors (Lipinski definition) is 4. The molecule has 246 valence electrons. The van der Waals surface area contributed by atoms with Gasteiger partial charge in [-0.25, -0.2) is 0 Å². The van der Waals surface area contributed by atoms with Crippen molar-refractivity contribution in [3.63, 3.8) is 0 Å². The van der Waals surface area contributed by atoms with E-state index in [0.29, 0.717) is 51.9 Å². The van der Waals surface area contributed by atoms with Crippen molar-refractivity contribution >= 4 is 37.3 Å². The maximum Gasteiger partial charge on any atom is 0.264 e. The second kappa shape index (κ2) is 13.5.